The van der Waals surface area contributed by atoms with E-state index < -0.39 is 0 Å². The number of hydrogen-bond donors (Lipinski definition) is 1. The van der Waals surface area contributed by atoms with Gasteiger partial charge in [0.1, 0.15) is 0 Å². The summed E-state index contributed by atoms with van der Waals surface area (Å²) in [4.78, 5) is 19.5. The number of nitrogens with one attached hydrogen (secondary N) is 1. The summed E-state index contributed by atoms with van der Waals surface area (Å²) in [6.07, 6.45) is 1.65. The summed E-state index contributed by atoms with van der Waals surface area (Å²) >= 11 is 3.46. The number of halogens is 1. The first-order valence-corrected chi connectivity index (χ1v) is 11.0. The van der Waals surface area contributed by atoms with E-state index in [0.717, 1.165) is 52.8 Å². The fraction of sp³-hybridized carbons (Fsp3) is 0.348. The molecule has 1 amide bonds. The van der Waals surface area contributed by atoms with Gasteiger partial charge in [-0.25, -0.2) is 0 Å². The molecule has 0 atom stereocenters. The molecule has 1 fully saturated rings. The zero-order chi connectivity index (χ0) is 21.1. The minimum Gasteiger partial charge on any atom is -0.338 e. The van der Waals surface area contributed by atoms with Crippen molar-refractivity contribution in [3.63, 3.8) is 0 Å². The molecule has 0 saturated carbocycles. The average molecular weight is 469 g/mol. The molecule has 0 unspecified atom stereocenters. The number of carbonyl (C=O) groups excluding carboxylic acids is 1. The lowest BCUT2D eigenvalue weighted by atomic mass is 9.95. The molecule has 0 spiro atoms. The highest BCUT2D eigenvalue weighted by atomic mass is 79.9. The number of benzene rings is 2. The number of hydrogen-bond acceptors (Lipinski definition) is 5. The van der Waals surface area contributed by atoms with Crippen molar-refractivity contribution >= 4 is 27.5 Å². The zero-order valence-corrected chi connectivity index (χ0v) is 18.8. The number of aryl methyl sites for hydroxylation is 2. The number of rotatable bonds is 5. The Morgan fingerprint density at radius 2 is 2.00 bits per heavy atom. The fourth-order valence-corrected chi connectivity index (χ4v) is 4.11. The van der Waals surface area contributed by atoms with Crippen molar-refractivity contribution in [3.05, 3.63) is 64.0 Å². The second-order valence-corrected chi connectivity index (χ2v) is 8.80. The van der Waals surface area contributed by atoms with Gasteiger partial charge in [0.2, 0.25) is 17.6 Å². The normalized spacial score (nSPS) is 15.3. The molecule has 1 aliphatic rings. The third-order valence-corrected chi connectivity index (χ3v) is 6.01. The average Bonchev–Trinajstić information content (AvgIpc) is 3.20. The van der Waals surface area contributed by atoms with Crippen LogP contribution in [0, 0.1) is 19.8 Å². The summed E-state index contributed by atoms with van der Waals surface area (Å²) in [5.41, 5.74) is 4.06. The first-order chi connectivity index (χ1) is 14.5. The van der Waals surface area contributed by atoms with Gasteiger partial charge in [-0.1, -0.05) is 45.4 Å². The Morgan fingerprint density at radius 1 is 1.20 bits per heavy atom. The third kappa shape index (κ3) is 4.96. The highest BCUT2D eigenvalue weighted by molar-refractivity contribution is 9.10. The zero-order valence-electron chi connectivity index (χ0n) is 17.2. The molecule has 7 heteroatoms. The van der Waals surface area contributed by atoms with E-state index in [-0.39, 0.29) is 11.8 Å². The van der Waals surface area contributed by atoms with Crippen LogP contribution in [0.25, 0.3) is 11.4 Å². The molecule has 0 aliphatic carbocycles. The van der Waals surface area contributed by atoms with Crippen LogP contribution in [-0.2, 0) is 11.3 Å². The van der Waals surface area contributed by atoms with Crippen molar-refractivity contribution in [3.8, 4) is 11.4 Å². The van der Waals surface area contributed by atoms with Gasteiger partial charge in [0.05, 0.1) is 6.54 Å². The van der Waals surface area contributed by atoms with Gasteiger partial charge in [-0.05, 0) is 69.1 Å². The lowest BCUT2D eigenvalue weighted by Gasteiger charge is -2.30. The number of likely N-dealkylation sites (tertiary alicyclic amines) is 1. The Morgan fingerprint density at radius 3 is 2.77 bits per heavy atom. The van der Waals surface area contributed by atoms with Crippen LogP contribution in [0.5, 0.6) is 0 Å². The minimum atomic E-state index is 0.0288. The molecular formula is C23H25BrN4O2. The number of aromatic nitrogens is 2. The van der Waals surface area contributed by atoms with Gasteiger partial charge >= 0.3 is 0 Å². The largest absolute Gasteiger partial charge is 0.338 e. The van der Waals surface area contributed by atoms with E-state index in [1.807, 2.05) is 50.2 Å². The van der Waals surface area contributed by atoms with E-state index in [0.29, 0.717) is 18.3 Å². The van der Waals surface area contributed by atoms with Crippen molar-refractivity contribution in [2.24, 2.45) is 5.92 Å². The van der Waals surface area contributed by atoms with Gasteiger partial charge in [-0.15, -0.1) is 0 Å². The van der Waals surface area contributed by atoms with Gasteiger partial charge in [-0.3, -0.25) is 9.69 Å². The summed E-state index contributed by atoms with van der Waals surface area (Å²) in [6.45, 7) is 6.32. The van der Waals surface area contributed by atoms with Gasteiger partial charge in [0.25, 0.3) is 0 Å². The number of nitrogens with zero attached hydrogens (tertiary/aromatic N) is 3. The first-order valence-electron chi connectivity index (χ1n) is 10.2. The summed E-state index contributed by atoms with van der Waals surface area (Å²) in [6, 6.07) is 14.0. The SMILES string of the molecule is Cc1ccc(C)c(NC(=O)C2CCN(Cc3nc(-c4cccc(Br)c4)no3)CC2)c1. The maximum absolute atomic E-state index is 12.7. The highest BCUT2D eigenvalue weighted by Crippen LogP contribution is 2.24. The van der Waals surface area contributed by atoms with E-state index in [2.05, 4.69) is 42.4 Å². The van der Waals surface area contributed by atoms with Gasteiger partial charge in [0.15, 0.2) is 0 Å². The van der Waals surface area contributed by atoms with E-state index >= 15 is 0 Å². The molecule has 2 heterocycles. The molecular weight excluding hydrogens is 444 g/mol. The predicted octanol–water partition coefficient (Wildman–Crippen LogP) is 4.97. The molecule has 4 rings (SSSR count). The van der Waals surface area contributed by atoms with Crippen LogP contribution in [0.2, 0.25) is 0 Å². The Kier molecular flexibility index (Phi) is 6.29. The smallest absolute Gasteiger partial charge is 0.241 e. The van der Waals surface area contributed by atoms with Crippen LogP contribution in [0.3, 0.4) is 0 Å². The van der Waals surface area contributed by atoms with Crippen LogP contribution in [0.15, 0.2) is 51.5 Å². The molecule has 1 N–H and O–H groups in total. The maximum atomic E-state index is 12.7. The minimum absolute atomic E-state index is 0.0288. The molecule has 0 radical (unpaired) electrons. The molecule has 1 aromatic heterocycles. The molecule has 1 aliphatic heterocycles. The van der Waals surface area contributed by atoms with Crippen LogP contribution >= 0.6 is 15.9 Å². The highest BCUT2D eigenvalue weighted by Gasteiger charge is 2.26. The van der Waals surface area contributed by atoms with Crippen molar-refractivity contribution in [2.75, 3.05) is 18.4 Å². The van der Waals surface area contributed by atoms with Gasteiger partial charge in [0, 0.05) is 21.6 Å². The summed E-state index contributed by atoms with van der Waals surface area (Å²) in [5.74, 6) is 1.33. The number of piperidine rings is 1. The Bertz CT molecular complexity index is 1040. The summed E-state index contributed by atoms with van der Waals surface area (Å²) < 4.78 is 6.42. The summed E-state index contributed by atoms with van der Waals surface area (Å²) in [7, 11) is 0. The predicted molar refractivity (Wildman–Crippen MR) is 120 cm³/mol. The fourth-order valence-electron chi connectivity index (χ4n) is 3.71. The number of carbonyl (C=O) groups is 1. The maximum Gasteiger partial charge on any atom is 0.241 e. The number of anilines is 1. The molecule has 1 saturated heterocycles. The molecule has 156 valence electrons. The first kappa shape index (κ1) is 20.8. The van der Waals surface area contributed by atoms with Crippen LogP contribution < -0.4 is 5.32 Å². The van der Waals surface area contributed by atoms with Crippen molar-refractivity contribution in [2.45, 2.75) is 33.2 Å². The second-order valence-electron chi connectivity index (χ2n) is 7.88. The third-order valence-electron chi connectivity index (χ3n) is 5.52. The lowest BCUT2D eigenvalue weighted by Crippen LogP contribution is -2.37. The molecule has 0 bridgehead atoms. The Hall–Kier alpha value is -2.51. The van der Waals surface area contributed by atoms with E-state index in [1.165, 1.54) is 0 Å². The van der Waals surface area contributed by atoms with Crippen LogP contribution in [0.1, 0.15) is 29.9 Å². The topological polar surface area (TPSA) is 71.3 Å². The second kappa shape index (κ2) is 9.10. The van der Waals surface area contributed by atoms with E-state index in [4.69, 9.17) is 4.52 Å². The van der Waals surface area contributed by atoms with Crippen LogP contribution in [0.4, 0.5) is 5.69 Å². The number of amides is 1. The van der Waals surface area contributed by atoms with Gasteiger partial charge in [-0.2, -0.15) is 4.98 Å². The molecule has 6 nitrogen and oxygen atoms in total. The lowest BCUT2D eigenvalue weighted by molar-refractivity contribution is -0.121. The Balaban J connectivity index is 1.31. The van der Waals surface area contributed by atoms with Crippen LogP contribution in [-0.4, -0.2) is 34.0 Å². The Labute approximate surface area is 184 Å². The van der Waals surface area contributed by atoms with Crippen molar-refractivity contribution < 1.29 is 9.32 Å². The quantitative estimate of drug-likeness (QED) is 0.572. The molecule has 30 heavy (non-hydrogen) atoms. The van der Waals surface area contributed by atoms with Crippen molar-refractivity contribution in [1.82, 2.24) is 15.0 Å². The molecule has 2 aromatic carbocycles. The summed E-state index contributed by atoms with van der Waals surface area (Å²) in [5, 5.41) is 7.21. The standard InChI is InChI=1S/C23H25BrN4O2/c1-15-6-7-16(2)20(12-15)25-23(29)17-8-10-28(11-9-17)14-21-26-22(27-30-21)18-4-3-5-19(24)13-18/h3-7,12-13,17H,8-11,14H2,1-2H3,(H,25,29). The molecule has 3 aromatic rings. The van der Waals surface area contributed by atoms with E-state index in [9.17, 15) is 4.79 Å². The monoisotopic (exact) mass is 468 g/mol. The van der Waals surface area contributed by atoms with E-state index in [1.54, 1.807) is 0 Å². The van der Waals surface area contributed by atoms with Gasteiger partial charge < -0.3 is 9.84 Å². The van der Waals surface area contributed by atoms with Crippen molar-refractivity contribution in [1.29, 1.82) is 0 Å².